The number of nitrogens with two attached hydrogens (primary N) is 1. The van der Waals surface area contributed by atoms with Crippen molar-refractivity contribution < 1.29 is 14.0 Å². The maximum absolute atomic E-state index is 12.9. The molecule has 0 saturated heterocycles. The molecule has 0 spiro atoms. The number of nitrogens with one attached hydrogen (secondary N) is 1. The summed E-state index contributed by atoms with van der Waals surface area (Å²) >= 11 is 0. The zero-order valence-electron chi connectivity index (χ0n) is 10.6. The highest BCUT2D eigenvalue weighted by Gasteiger charge is 2.10. The summed E-state index contributed by atoms with van der Waals surface area (Å²) in [5.41, 5.74) is 5.79. The van der Waals surface area contributed by atoms with Crippen molar-refractivity contribution >= 4 is 24.2 Å². The van der Waals surface area contributed by atoms with Crippen molar-refractivity contribution in [2.45, 2.75) is 6.54 Å². The van der Waals surface area contributed by atoms with E-state index >= 15 is 0 Å². The van der Waals surface area contributed by atoms with Gasteiger partial charge in [-0.05, 0) is 17.7 Å². The summed E-state index contributed by atoms with van der Waals surface area (Å²) in [4.78, 5) is 23.9. The summed E-state index contributed by atoms with van der Waals surface area (Å²) in [5, 5.41) is 2.38. The van der Waals surface area contributed by atoms with Gasteiger partial charge in [0.05, 0.1) is 13.1 Å². The largest absolute Gasteiger partial charge is 0.346 e. The fourth-order valence-corrected chi connectivity index (χ4v) is 1.38. The van der Waals surface area contributed by atoms with Crippen LogP contribution >= 0.6 is 12.4 Å². The van der Waals surface area contributed by atoms with Crippen molar-refractivity contribution in [2.75, 3.05) is 20.1 Å². The van der Waals surface area contributed by atoms with E-state index in [0.29, 0.717) is 5.56 Å². The van der Waals surface area contributed by atoms with Crippen LogP contribution in [-0.2, 0) is 16.1 Å². The first-order valence-electron chi connectivity index (χ1n) is 5.48. The molecule has 3 N–H and O–H groups in total. The van der Waals surface area contributed by atoms with Crippen LogP contribution in [0.1, 0.15) is 5.56 Å². The number of hydrogen-bond donors (Lipinski definition) is 2. The standard InChI is InChI=1S/C12H16FN3O2.ClH/c1-16(12(18)7-15-11(17)6-14)8-9-3-2-4-10(13)5-9;/h2-5H,6-8,14H2,1H3,(H,15,17);1H. The first-order chi connectivity index (χ1) is 8.52. The number of carbonyl (C=O) groups excluding carboxylic acids is 2. The second-order valence-electron chi connectivity index (χ2n) is 3.86. The number of amides is 2. The fraction of sp³-hybridized carbons (Fsp3) is 0.333. The Balaban J connectivity index is 0.00000324. The molecular formula is C12H17ClFN3O2. The number of rotatable bonds is 5. The van der Waals surface area contributed by atoms with Gasteiger partial charge in [0.1, 0.15) is 5.82 Å². The summed E-state index contributed by atoms with van der Waals surface area (Å²) in [6.07, 6.45) is 0. The maximum Gasteiger partial charge on any atom is 0.242 e. The van der Waals surface area contributed by atoms with E-state index in [1.54, 1.807) is 19.2 Å². The second kappa shape index (κ2) is 8.44. The van der Waals surface area contributed by atoms with E-state index < -0.39 is 0 Å². The van der Waals surface area contributed by atoms with Crippen LogP contribution in [-0.4, -0.2) is 36.9 Å². The van der Waals surface area contributed by atoms with Gasteiger partial charge < -0.3 is 16.0 Å². The SMILES string of the molecule is CN(Cc1cccc(F)c1)C(=O)CNC(=O)CN.Cl. The van der Waals surface area contributed by atoms with Gasteiger partial charge in [-0.3, -0.25) is 9.59 Å². The van der Waals surface area contributed by atoms with Gasteiger partial charge in [-0.15, -0.1) is 12.4 Å². The highest BCUT2D eigenvalue weighted by molar-refractivity contribution is 5.85. The molecule has 0 aliphatic carbocycles. The third-order valence-corrected chi connectivity index (χ3v) is 2.36. The monoisotopic (exact) mass is 289 g/mol. The molecule has 7 heteroatoms. The summed E-state index contributed by atoms with van der Waals surface area (Å²) in [6, 6.07) is 6.01. The number of halogens is 2. The Morgan fingerprint density at radius 1 is 1.42 bits per heavy atom. The van der Waals surface area contributed by atoms with E-state index in [1.165, 1.54) is 17.0 Å². The number of likely N-dealkylation sites (N-methyl/N-ethyl adjacent to an activating group) is 1. The summed E-state index contributed by atoms with van der Waals surface area (Å²) in [5.74, 6) is -0.992. The summed E-state index contributed by atoms with van der Waals surface area (Å²) < 4.78 is 12.9. The molecular weight excluding hydrogens is 273 g/mol. The van der Waals surface area contributed by atoms with Crippen LogP contribution in [0, 0.1) is 5.82 Å². The molecule has 0 aromatic heterocycles. The lowest BCUT2D eigenvalue weighted by molar-refractivity contribution is -0.131. The minimum Gasteiger partial charge on any atom is -0.346 e. The highest BCUT2D eigenvalue weighted by atomic mass is 35.5. The molecule has 5 nitrogen and oxygen atoms in total. The van der Waals surface area contributed by atoms with Crippen molar-refractivity contribution in [3.8, 4) is 0 Å². The number of nitrogens with zero attached hydrogens (tertiary/aromatic N) is 1. The number of benzene rings is 1. The van der Waals surface area contributed by atoms with Crippen LogP contribution in [0.25, 0.3) is 0 Å². The smallest absolute Gasteiger partial charge is 0.242 e. The molecule has 2 amide bonds. The average Bonchev–Trinajstić information content (AvgIpc) is 2.35. The lowest BCUT2D eigenvalue weighted by atomic mass is 10.2. The molecule has 1 aromatic carbocycles. The lowest BCUT2D eigenvalue weighted by Gasteiger charge is -2.17. The van der Waals surface area contributed by atoms with Gasteiger partial charge in [-0.1, -0.05) is 12.1 Å². The number of hydrogen-bond acceptors (Lipinski definition) is 3. The van der Waals surface area contributed by atoms with Crippen molar-refractivity contribution in [1.29, 1.82) is 0 Å². The van der Waals surface area contributed by atoms with Crippen molar-refractivity contribution in [3.05, 3.63) is 35.6 Å². The van der Waals surface area contributed by atoms with Gasteiger partial charge in [0.15, 0.2) is 0 Å². The van der Waals surface area contributed by atoms with Crippen LogP contribution in [0.4, 0.5) is 4.39 Å². The van der Waals surface area contributed by atoms with Crippen LogP contribution < -0.4 is 11.1 Å². The Labute approximate surface area is 117 Å². The van der Waals surface area contributed by atoms with E-state index in [9.17, 15) is 14.0 Å². The van der Waals surface area contributed by atoms with Gasteiger partial charge in [-0.2, -0.15) is 0 Å². The molecule has 0 unspecified atom stereocenters. The average molecular weight is 290 g/mol. The van der Waals surface area contributed by atoms with E-state index in [4.69, 9.17) is 5.73 Å². The molecule has 0 bridgehead atoms. The zero-order chi connectivity index (χ0) is 13.5. The molecule has 19 heavy (non-hydrogen) atoms. The van der Waals surface area contributed by atoms with Crippen molar-refractivity contribution in [1.82, 2.24) is 10.2 Å². The van der Waals surface area contributed by atoms with Gasteiger partial charge >= 0.3 is 0 Å². The molecule has 0 radical (unpaired) electrons. The first-order valence-corrected chi connectivity index (χ1v) is 5.48. The quantitative estimate of drug-likeness (QED) is 0.818. The third kappa shape index (κ3) is 6.17. The van der Waals surface area contributed by atoms with Gasteiger partial charge in [-0.25, -0.2) is 4.39 Å². The van der Waals surface area contributed by atoms with Gasteiger partial charge in [0.2, 0.25) is 11.8 Å². The normalized spacial score (nSPS) is 9.42. The maximum atomic E-state index is 12.9. The molecule has 0 fully saturated rings. The van der Waals surface area contributed by atoms with Crippen LogP contribution in [0.3, 0.4) is 0 Å². The molecule has 0 heterocycles. The molecule has 1 rings (SSSR count). The fourth-order valence-electron chi connectivity index (χ4n) is 1.38. The molecule has 0 aliphatic rings. The van der Waals surface area contributed by atoms with Crippen LogP contribution in [0.2, 0.25) is 0 Å². The molecule has 0 atom stereocenters. The Morgan fingerprint density at radius 2 is 2.11 bits per heavy atom. The van der Waals surface area contributed by atoms with Gasteiger partial charge in [0.25, 0.3) is 0 Å². The molecule has 0 aliphatic heterocycles. The Bertz CT molecular complexity index is 443. The molecule has 1 aromatic rings. The first kappa shape index (κ1) is 17.3. The Kier molecular flexibility index (Phi) is 7.71. The van der Waals surface area contributed by atoms with Crippen LogP contribution in [0.5, 0.6) is 0 Å². The Hall–Kier alpha value is -1.66. The number of carbonyl (C=O) groups is 2. The van der Waals surface area contributed by atoms with E-state index in [1.807, 2.05) is 0 Å². The highest BCUT2D eigenvalue weighted by Crippen LogP contribution is 2.06. The minimum atomic E-state index is -0.387. The lowest BCUT2D eigenvalue weighted by Crippen LogP contribution is -2.40. The minimum absolute atomic E-state index is 0. The zero-order valence-corrected chi connectivity index (χ0v) is 11.4. The molecule has 0 saturated carbocycles. The van der Waals surface area contributed by atoms with Crippen molar-refractivity contribution in [3.63, 3.8) is 0 Å². The van der Waals surface area contributed by atoms with E-state index in [-0.39, 0.29) is 49.7 Å². The summed E-state index contributed by atoms with van der Waals surface area (Å²) in [6.45, 7) is 0.0256. The predicted molar refractivity (Wildman–Crippen MR) is 72.2 cm³/mol. The van der Waals surface area contributed by atoms with E-state index in [0.717, 1.165) is 0 Å². The van der Waals surface area contributed by atoms with Crippen LogP contribution in [0.15, 0.2) is 24.3 Å². The molecule has 106 valence electrons. The third-order valence-electron chi connectivity index (χ3n) is 2.36. The van der Waals surface area contributed by atoms with Crippen molar-refractivity contribution in [2.24, 2.45) is 5.73 Å². The second-order valence-corrected chi connectivity index (χ2v) is 3.86. The van der Waals surface area contributed by atoms with Gasteiger partial charge in [0, 0.05) is 13.6 Å². The van der Waals surface area contributed by atoms with E-state index in [2.05, 4.69) is 5.32 Å². The predicted octanol–water partition coefficient (Wildman–Crippen LogP) is 0.281. The Morgan fingerprint density at radius 3 is 2.68 bits per heavy atom. The topological polar surface area (TPSA) is 75.4 Å². The summed E-state index contributed by atoms with van der Waals surface area (Å²) in [7, 11) is 1.59.